The standard InChI is InChI=1S/C19H18FN3O4/c20-22-9-19(10-24)8-12-7-13(1-3-15(12)26-11-19)27-16-5-6-21-18-14(16)2-4-17(25)23-18/h1,3,5-7,10,22H,2,4,8-9,11H2,(H,21,23,25). The molecule has 2 aliphatic heterocycles. The first kappa shape index (κ1) is 17.4. The molecule has 0 saturated carbocycles. The van der Waals surface area contributed by atoms with Gasteiger partial charge in [0, 0.05) is 24.7 Å². The van der Waals surface area contributed by atoms with Gasteiger partial charge in [-0.1, -0.05) is 0 Å². The molecule has 1 amide bonds. The van der Waals surface area contributed by atoms with E-state index >= 15 is 0 Å². The van der Waals surface area contributed by atoms with E-state index in [1.165, 1.54) is 0 Å². The zero-order chi connectivity index (χ0) is 18.9. The number of hydrogen-bond donors (Lipinski definition) is 2. The quantitative estimate of drug-likeness (QED) is 0.620. The van der Waals surface area contributed by atoms with Crippen molar-refractivity contribution in [3.05, 3.63) is 41.6 Å². The maximum absolute atomic E-state index is 12.6. The van der Waals surface area contributed by atoms with Crippen LogP contribution in [0.3, 0.4) is 0 Å². The lowest BCUT2D eigenvalue weighted by molar-refractivity contribution is -0.119. The Kier molecular flexibility index (Phi) is 4.49. The molecule has 0 bridgehead atoms. The van der Waals surface area contributed by atoms with Gasteiger partial charge < -0.3 is 19.6 Å². The molecule has 140 valence electrons. The largest absolute Gasteiger partial charge is 0.492 e. The van der Waals surface area contributed by atoms with Gasteiger partial charge in [0.2, 0.25) is 5.91 Å². The number of nitrogens with zero attached hydrogens (tertiary/aromatic N) is 1. The van der Waals surface area contributed by atoms with E-state index in [2.05, 4.69) is 10.3 Å². The average molecular weight is 371 g/mol. The van der Waals surface area contributed by atoms with Crippen LogP contribution in [0.1, 0.15) is 17.5 Å². The van der Waals surface area contributed by atoms with E-state index in [0.29, 0.717) is 42.3 Å². The molecule has 4 rings (SSSR count). The summed E-state index contributed by atoms with van der Waals surface area (Å²) >= 11 is 0. The number of carbonyl (C=O) groups excluding carboxylic acids is 2. The van der Waals surface area contributed by atoms with Crippen LogP contribution in [0.15, 0.2) is 30.5 Å². The van der Waals surface area contributed by atoms with Crippen LogP contribution >= 0.6 is 0 Å². The van der Waals surface area contributed by atoms with Crippen LogP contribution in [0.4, 0.5) is 10.3 Å². The fourth-order valence-electron chi connectivity index (χ4n) is 3.39. The Bertz CT molecular complexity index is 905. The number of aromatic nitrogens is 1. The molecule has 2 N–H and O–H groups in total. The third kappa shape index (κ3) is 3.35. The molecule has 0 fully saturated rings. The second kappa shape index (κ2) is 6.96. The lowest BCUT2D eigenvalue weighted by Crippen LogP contribution is -2.42. The molecule has 1 atom stereocenters. The van der Waals surface area contributed by atoms with Crippen LogP contribution in [-0.4, -0.2) is 30.3 Å². The smallest absolute Gasteiger partial charge is 0.225 e. The van der Waals surface area contributed by atoms with E-state index in [-0.39, 0.29) is 19.1 Å². The number of aldehydes is 1. The number of anilines is 1. The van der Waals surface area contributed by atoms with Crippen molar-refractivity contribution in [3.63, 3.8) is 0 Å². The van der Waals surface area contributed by atoms with Crippen LogP contribution < -0.4 is 20.3 Å². The summed E-state index contributed by atoms with van der Waals surface area (Å²) in [5, 5.41) is 2.74. The molecule has 1 aromatic carbocycles. The molecular formula is C19H18FN3O4. The molecule has 1 unspecified atom stereocenters. The molecule has 3 heterocycles. The van der Waals surface area contributed by atoms with E-state index in [1.807, 2.05) is 0 Å². The van der Waals surface area contributed by atoms with Crippen LogP contribution in [0.25, 0.3) is 0 Å². The minimum Gasteiger partial charge on any atom is -0.492 e. The summed E-state index contributed by atoms with van der Waals surface area (Å²) in [7, 11) is 0. The second-order valence-corrected chi connectivity index (χ2v) is 6.81. The fourth-order valence-corrected chi connectivity index (χ4v) is 3.39. The van der Waals surface area contributed by atoms with Crippen molar-refractivity contribution in [2.75, 3.05) is 18.5 Å². The Morgan fingerprint density at radius 1 is 1.37 bits per heavy atom. The molecule has 8 heteroatoms. The topological polar surface area (TPSA) is 89.6 Å². The van der Waals surface area contributed by atoms with Crippen LogP contribution in [-0.2, 0) is 22.4 Å². The molecule has 27 heavy (non-hydrogen) atoms. The van der Waals surface area contributed by atoms with Crippen LogP contribution in [0, 0.1) is 5.41 Å². The molecule has 0 aliphatic carbocycles. The van der Waals surface area contributed by atoms with Gasteiger partial charge in [-0.3, -0.25) is 4.79 Å². The summed E-state index contributed by atoms with van der Waals surface area (Å²) in [5.74, 6) is 2.29. The van der Waals surface area contributed by atoms with Gasteiger partial charge >= 0.3 is 0 Å². The SMILES string of the molecule is O=CC1(CNF)COc2ccc(Oc3ccnc4c3CCC(=O)N4)cc2C1. The van der Waals surface area contributed by atoms with Gasteiger partial charge in [0.25, 0.3) is 0 Å². The highest BCUT2D eigenvalue weighted by atomic mass is 19.2. The molecule has 0 radical (unpaired) electrons. The molecule has 2 aliphatic rings. The summed E-state index contributed by atoms with van der Waals surface area (Å²) in [6.45, 7) is 0.0107. The summed E-state index contributed by atoms with van der Waals surface area (Å²) in [6, 6.07) is 7.08. The fraction of sp³-hybridized carbons (Fsp3) is 0.316. The number of carbonyl (C=O) groups is 2. The number of ether oxygens (including phenoxy) is 2. The lowest BCUT2D eigenvalue weighted by Gasteiger charge is -2.32. The Morgan fingerprint density at radius 3 is 3.07 bits per heavy atom. The molecule has 2 aromatic rings. The first-order valence-corrected chi connectivity index (χ1v) is 8.64. The van der Waals surface area contributed by atoms with Gasteiger partial charge in [-0.15, -0.1) is 4.48 Å². The normalized spacial score (nSPS) is 20.7. The Labute approximate surface area is 154 Å². The first-order chi connectivity index (χ1) is 13.1. The van der Waals surface area contributed by atoms with Crippen LogP contribution in [0.5, 0.6) is 17.2 Å². The molecule has 1 aromatic heterocycles. The number of fused-ring (bicyclic) bond motifs is 2. The summed E-state index contributed by atoms with van der Waals surface area (Å²) in [5.41, 5.74) is 2.24. The van der Waals surface area contributed by atoms with Gasteiger partial charge in [-0.2, -0.15) is 5.54 Å². The molecule has 7 nitrogen and oxygen atoms in total. The van der Waals surface area contributed by atoms with Gasteiger partial charge in [-0.05, 0) is 42.7 Å². The minimum atomic E-state index is -0.944. The monoisotopic (exact) mass is 371 g/mol. The van der Waals surface area contributed by atoms with Crippen molar-refractivity contribution in [1.29, 1.82) is 0 Å². The van der Waals surface area contributed by atoms with Gasteiger partial charge in [0.05, 0.1) is 5.41 Å². The highest BCUT2D eigenvalue weighted by Crippen LogP contribution is 2.38. The first-order valence-electron chi connectivity index (χ1n) is 8.64. The van der Waals surface area contributed by atoms with Crippen molar-refractivity contribution in [3.8, 4) is 17.2 Å². The Balaban J connectivity index is 1.61. The third-order valence-electron chi connectivity index (χ3n) is 4.86. The van der Waals surface area contributed by atoms with Crippen molar-refractivity contribution in [2.24, 2.45) is 5.41 Å². The van der Waals surface area contributed by atoms with Gasteiger partial charge in [-0.25, -0.2) is 4.98 Å². The predicted octanol–water partition coefficient (Wildman–Crippen LogP) is 2.35. The average Bonchev–Trinajstić information content (AvgIpc) is 2.68. The highest BCUT2D eigenvalue weighted by molar-refractivity contribution is 5.93. The van der Waals surface area contributed by atoms with Gasteiger partial charge in [0.15, 0.2) is 0 Å². The highest BCUT2D eigenvalue weighted by Gasteiger charge is 2.36. The van der Waals surface area contributed by atoms with E-state index < -0.39 is 5.41 Å². The van der Waals surface area contributed by atoms with Crippen molar-refractivity contribution < 1.29 is 23.5 Å². The Morgan fingerprint density at radius 2 is 2.26 bits per heavy atom. The number of hydrogen-bond acceptors (Lipinski definition) is 6. The maximum atomic E-state index is 12.6. The summed E-state index contributed by atoms with van der Waals surface area (Å²) in [6.07, 6.45) is 3.59. The number of pyridine rings is 1. The van der Waals surface area contributed by atoms with E-state index in [0.717, 1.165) is 17.4 Å². The summed E-state index contributed by atoms with van der Waals surface area (Å²) in [4.78, 5) is 27.2. The van der Waals surface area contributed by atoms with E-state index in [9.17, 15) is 14.1 Å². The maximum Gasteiger partial charge on any atom is 0.225 e. The number of halogens is 1. The number of nitrogens with one attached hydrogen (secondary N) is 2. The van der Waals surface area contributed by atoms with E-state index in [1.54, 1.807) is 36.0 Å². The minimum absolute atomic E-state index is 0.0650. The van der Waals surface area contributed by atoms with E-state index in [4.69, 9.17) is 9.47 Å². The van der Waals surface area contributed by atoms with Gasteiger partial charge in [0.1, 0.15) is 36.0 Å². The second-order valence-electron chi connectivity index (χ2n) is 6.81. The molecule has 0 saturated heterocycles. The zero-order valence-electron chi connectivity index (χ0n) is 14.5. The lowest BCUT2D eigenvalue weighted by atomic mass is 9.82. The number of amides is 1. The van der Waals surface area contributed by atoms with Crippen molar-refractivity contribution in [2.45, 2.75) is 19.3 Å². The van der Waals surface area contributed by atoms with Crippen LogP contribution in [0.2, 0.25) is 0 Å². The van der Waals surface area contributed by atoms with Crippen molar-refractivity contribution >= 4 is 18.0 Å². The van der Waals surface area contributed by atoms with Crippen molar-refractivity contribution in [1.82, 2.24) is 10.5 Å². The Hall–Kier alpha value is -3.00. The molecular weight excluding hydrogens is 353 g/mol. The number of rotatable bonds is 5. The summed E-state index contributed by atoms with van der Waals surface area (Å²) < 4.78 is 24.3. The zero-order valence-corrected chi connectivity index (χ0v) is 14.5. The number of benzene rings is 1. The molecule has 0 spiro atoms. The predicted molar refractivity (Wildman–Crippen MR) is 94.5 cm³/mol. The third-order valence-corrected chi connectivity index (χ3v) is 4.86.